The number of hydrogen-bond donors (Lipinski definition) is 0. The highest BCUT2D eigenvalue weighted by Gasteiger charge is 2.29. The van der Waals surface area contributed by atoms with Gasteiger partial charge >= 0.3 is 0 Å². The Morgan fingerprint density at radius 1 is 1.07 bits per heavy atom. The van der Waals surface area contributed by atoms with E-state index in [1.165, 1.54) is 6.26 Å². The maximum absolute atomic E-state index is 13.2. The van der Waals surface area contributed by atoms with Crippen molar-refractivity contribution in [2.75, 3.05) is 26.2 Å². The summed E-state index contributed by atoms with van der Waals surface area (Å²) in [5.74, 6) is 0.169. The van der Waals surface area contributed by atoms with E-state index in [1.54, 1.807) is 21.9 Å². The number of carbonyl (C=O) groups excluding carboxylic acids is 2. The molecule has 3 aromatic rings. The minimum Gasteiger partial charge on any atom is -0.459 e. The van der Waals surface area contributed by atoms with Crippen LogP contribution in [0.2, 0.25) is 0 Å². The number of amides is 2. The summed E-state index contributed by atoms with van der Waals surface area (Å²) in [4.78, 5) is 33.7. The van der Waals surface area contributed by atoms with E-state index in [0.717, 1.165) is 16.9 Å². The van der Waals surface area contributed by atoms with Crippen LogP contribution in [-0.4, -0.2) is 57.2 Å². The number of carbonyl (C=O) groups is 2. The van der Waals surface area contributed by atoms with Crippen molar-refractivity contribution in [1.82, 2.24) is 19.2 Å². The van der Waals surface area contributed by atoms with Crippen molar-refractivity contribution >= 4 is 17.5 Å². The quantitative estimate of drug-likeness (QED) is 0.714. The lowest BCUT2D eigenvalue weighted by Gasteiger charge is -2.34. The molecule has 0 aromatic carbocycles. The summed E-state index contributed by atoms with van der Waals surface area (Å²) in [6.45, 7) is 5.97. The van der Waals surface area contributed by atoms with Crippen LogP contribution in [0.4, 0.5) is 0 Å². The number of piperazine rings is 1. The molecule has 1 aliphatic rings. The molecule has 0 atom stereocenters. The zero-order chi connectivity index (χ0) is 19.0. The van der Waals surface area contributed by atoms with Gasteiger partial charge in [-0.1, -0.05) is 13.0 Å². The molecule has 4 heterocycles. The van der Waals surface area contributed by atoms with E-state index in [4.69, 9.17) is 4.42 Å². The Morgan fingerprint density at radius 2 is 1.78 bits per heavy atom. The van der Waals surface area contributed by atoms with Gasteiger partial charge in [-0.05, 0) is 37.1 Å². The summed E-state index contributed by atoms with van der Waals surface area (Å²) in [6, 6.07) is 7.29. The second kappa shape index (κ2) is 6.90. The number of rotatable bonds is 3. The van der Waals surface area contributed by atoms with Gasteiger partial charge in [-0.25, -0.2) is 4.98 Å². The molecule has 0 saturated carbocycles. The molecule has 27 heavy (non-hydrogen) atoms. The van der Waals surface area contributed by atoms with Crippen LogP contribution in [0.25, 0.3) is 5.65 Å². The summed E-state index contributed by atoms with van der Waals surface area (Å²) in [7, 11) is 0. The van der Waals surface area contributed by atoms with E-state index in [1.807, 2.05) is 36.6 Å². The lowest BCUT2D eigenvalue weighted by atomic mass is 10.2. The minimum absolute atomic E-state index is 0.0324. The first-order chi connectivity index (χ1) is 13.1. The van der Waals surface area contributed by atoms with E-state index in [2.05, 4.69) is 4.98 Å². The van der Waals surface area contributed by atoms with Gasteiger partial charge in [-0.2, -0.15) is 0 Å². The van der Waals surface area contributed by atoms with E-state index < -0.39 is 0 Å². The van der Waals surface area contributed by atoms with Crippen molar-refractivity contribution in [3.63, 3.8) is 0 Å². The fourth-order valence-corrected chi connectivity index (χ4v) is 3.49. The molecule has 1 aliphatic heterocycles. The van der Waals surface area contributed by atoms with Gasteiger partial charge < -0.3 is 14.2 Å². The molecule has 3 aromatic heterocycles. The van der Waals surface area contributed by atoms with Crippen molar-refractivity contribution in [1.29, 1.82) is 0 Å². The standard InChI is InChI=1S/C20H22N4O3/c1-3-15-18(24-13-14(2)6-7-17(24)21-15)20(26)23-10-8-22(9-11-23)19(25)16-5-4-12-27-16/h4-7,12-13H,3,8-11H2,1-2H3. The van der Waals surface area contributed by atoms with Gasteiger partial charge in [0.15, 0.2) is 5.76 Å². The zero-order valence-corrected chi connectivity index (χ0v) is 15.5. The molecule has 0 aliphatic carbocycles. The predicted molar refractivity (Wildman–Crippen MR) is 99.8 cm³/mol. The number of imidazole rings is 1. The third-order valence-electron chi connectivity index (χ3n) is 4.96. The van der Waals surface area contributed by atoms with Gasteiger partial charge in [0, 0.05) is 32.4 Å². The fourth-order valence-electron chi connectivity index (χ4n) is 3.49. The molecule has 7 heteroatoms. The van der Waals surface area contributed by atoms with E-state index >= 15 is 0 Å². The van der Waals surface area contributed by atoms with Gasteiger partial charge in [0.1, 0.15) is 11.3 Å². The maximum Gasteiger partial charge on any atom is 0.289 e. The Hall–Kier alpha value is -3.09. The van der Waals surface area contributed by atoms with Crippen LogP contribution in [0.3, 0.4) is 0 Å². The molecule has 2 amide bonds. The summed E-state index contributed by atoms with van der Waals surface area (Å²) in [5.41, 5.74) is 3.29. The van der Waals surface area contributed by atoms with Gasteiger partial charge in [-0.15, -0.1) is 0 Å². The molecule has 0 N–H and O–H groups in total. The first-order valence-corrected chi connectivity index (χ1v) is 9.18. The molecular formula is C20H22N4O3. The first kappa shape index (κ1) is 17.3. The van der Waals surface area contributed by atoms with Crippen LogP contribution in [-0.2, 0) is 6.42 Å². The number of hydrogen-bond acceptors (Lipinski definition) is 4. The lowest BCUT2D eigenvalue weighted by Crippen LogP contribution is -2.50. The van der Waals surface area contributed by atoms with Crippen molar-refractivity contribution in [2.24, 2.45) is 0 Å². The number of nitrogens with zero attached hydrogens (tertiary/aromatic N) is 4. The summed E-state index contributed by atoms with van der Waals surface area (Å²) in [5, 5.41) is 0. The Kier molecular flexibility index (Phi) is 4.43. The van der Waals surface area contributed by atoms with Crippen molar-refractivity contribution < 1.29 is 14.0 Å². The zero-order valence-electron chi connectivity index (χ0n) is 15.5. The third kappa shape index (κ3) is 3.09. The Bertz CT molecular complexity index is 982. The molecule has 0 bridgehead atoms. The molecule has 7 nitrogen and oxygen atoms in total. The molecule has 0 unspecified atom stereocenters. The highest BCUT2D eigenvalue weighted by atomic mass is 16.3. The highest BCUT2D eigenvalue weighted by Crippen LogP contribution is 2.18. The minimum atomic E-state index is -0.133. The molecule has 140 valence electrons. The average molecular weight is 366 g/mol. The van der Waals surface area contributed by atoms with Gasteiger partial charge in [0.05, 0.1) is 12.0 Å². The SMILES string of the molecule is CCc1nc2ccc(C)cn2c1C(=O)N1CCN(C(=O)c2ccco2)CC1. The van der Waals surface area contributed by atoms with Gasteiger partial charge in [0.2, 0.25) is 0 Å². The number of aryl methyl sites for hydroxylation is 2. The number of fused-ring (bicyclic) bond motifs is 1. The van der Waals surface area contributed by atoms with Crippen molar-refractivity contribution in [3.8, 4) is 0 Å². The van der Waals surface area contributed by atoms with Gasteiger partial charge in [-0.3, -0.25) is 14.0 Å². The van der Waals surface area contributed by atoms with E-state index in [-0.39, 0.29) is 11.8 Å². The number of furan rings is 1. The second-order valence-corrected chi connectivity index (χ2v) is 6.76. The molecule has 1 fully saturated rings. The summed E-state index contributed by atoms with van der Waals surface area (Å²) < 4.78 is 7.07. The second-order valence-electron chi connectivity index (χ2n) is 6.76. The Morgan fingerprint density at radius 3 is 2.41 bits per heavy atom. The summed E-state index contributed by atoms with van der Waals surface area (Å²) in [6.07, 6.45) is 4.14. The van der Waals surface area contributed by atoms with Crippen molar-refractivity contribution in [2.45, 2.75) is 20.3 Å². The van der Waals surface area contributed by atoms with Crippen LogP contribution >= 0.6 is 0 Å². The topological polar surface area (TPSA) is 71.1 Å². The van der Waals surface area contributed by atoms with Crippen LogP contribution in [0, 0.1) is 6.92 Å². The van der Waals surface area contributed by atoms with Gasteiger partial charge in [0.25, 0.3) is 11.8 Å². The maximum atomic E-state index is 13.2. The number of aromatic nitrogens is 2. The predicted octanol–water partition coefficient (Wildman–Crippen LogP) is 2.40. The lowest BCUT2D eigenvalue weighted by molar-refractivity contribution is 0.0514. The Labute approximate surface area is 157 Å². The summed E-state index contributed by atoms with van der Waals surface area (Å²) >= 11 is 0. The molecule has 0 radical (unpaired) electrons. The monoisotopic (exact) mass is 366 g/mol. The van der Waals surface area contributed by atoms with E-state index in [0.29, 0.717) is 44.1 Å². The smallest absolute Gasteiger partial charge is 0.289 e. The van der Waals surface area contributed by atoms with E-state index in [9.17, 15) is 9.59 Å². The normalized spacial score (nSPS) is 14.7. The first-order valence-electron chi connectivity index (χ1n) is 9.18. The van der Waals surface area contributed by atoms with Crippen LogP contribution in [0.5, 0.6) is 0 Å². The van der Waals surface area contributed by atoms with Crippen LogP contribution < -0.4 is 0 Å². The average Bonchev–Trinajstić information content (AvgIpc) is 3.34. The largest absolute Gasteiger partial charge is 0.459 e. The molecule has 0 spiro atoms. The van der Waals surface area contributed by atoms with Crippen LogP contribution in [0.15, 0.2) is 41.1 Å². The number of pyridine rings is 1. The fraction of sp³-hybridized carbons (Fsp3) is 0.350. The Balaban J connectivity index is 1.54. The van der Waals surface area contributed by atoms with Crippen LogP contribution in [0.1, 0.15) is 39.2 Å². The molecule has 1 saturated heterocycles. The molecule has 4 rings (SSSR count). The third-order valence-corrected chi connectivity index (χ3v) is 4.96. The van der Waals surface area contributed by atoms with Crippen molar-refractivity contribution in [3.05, 3.63) is 59.4 Å². The highest BCUT2D eigenvalue weighted by molar-refractivity contribution is 5.95. The molecular weight excluding hydrogens is 344 g/mol.